The van der Waals surface area contributed by atoms with Gasteiger partial charge in [0.2, 0.25) is 9.84 Å². The second-order valence-electron chi connectivity index (χ2n) is 12.3. The average molecular weight is 639 g/mol. The third-order valence-electron chi connectivity index (χ3n) is 8.27. The number of sulfone groups is 1. The van der Waals surface area contributed by atoms with E-state index in [0.717, 1.165) is 22.3 Å². The third kappa shape index (κ3) is 7.48. The van der Waals surface area contributed by atoms with E-state index in [9.17, 15) is 8.42 Å². The first-order valence-electron chi connectivity index (χ1n) is 15.9. The predicted octanol–water partition coefficient (Wildman–Crippen LogP) is 11.7. The van der Waals surface area contributed by atoms with Crippen LogP contribution in [0, 0.1) is 0 Å². The molecule has 0 bridgehead atoms. The Morgan fingerprint density at radius 1 is 0.362 bits per heavy atom. The van der Waals surface area contributed by atoms with E-state index >= 15 is 0 Å². The van der Waals surface area contributed by atoms with Crippen molar-refractivity contribution in [3.8, 4) is 45.3 Å². The summed E-state index contributed by atoms with van der Waals surface area (Å²) in [6, 6.07) is 45.9. The van der Waals surface area contributed by atoms with Gasteiger partial charge in [-0.2, -0.15) is 0 Å². The molecule has 0 aliphatic heterocycles. The van der Waals surface area contributed by atoms with Crippen molar-refractivity contribution < 1.29 is 17.9 Å². The molecule has 6 aromatic rings. The van der Waals surface area contributed by atoms with Gasteiger partial charge in [0.1, 0.15) is 23.0 Å². The Morgan fingerprint density at radius 2 is 0.596 bits per heavy atom. The third-order valence-corrected chi connectivity index (χ3v) is 10.1. The minimum atomic E-state index is -3.72. The van der Waals surface area contributed by atoms with E-state index in [1.165, 1.54) is 11.1 Å². The first-order chi connectivity index (χ1) is 22.7. The minimum Gasteiger partial charge on any atom is -0.457 e. The van der Waals surface area contributed by atoms with Crippen LogP contribution in [0.3, 0.4) is 0 Å². The molecule has 6 aromatic carbocycles. The molecule has 0 aromatic heterocycles. The van der Waals surface area contributed by atoms with Crippen LogP contribution in [0.25, 0.3) is 22.3 Å². The molecule has 0 heterocycles. The second kappa shape index (κ2) is 13.7. The van der Waals surface area contributed by atoms with Crippen LogP contribution in [0.2, 0.25) is 0 Å². The van der Waals surface area contributed by atoms with E-state index in [1.807, 2.05) is 48.5 Å². The van der Waals surface area contributed by atoms with Gasteiger partial charge in [-0.05, 0) is 118 Å². The lowest BCUT2D eigenvalue weighted by atomic mass is 9.99. The summed E-state index contributed by atoms with van der Waals surface area (Å²) >= 11 is 0. The van der Waals surface area contributed by atoms with Gasteiger partial charge in [-0.1, -0.05) is 100 Å². The molecule has 0 spiro atoms. The van der Waals surface area contributed by atoms with E-state index in [1.54, 1.807) is 48.5 Å². The van der Waals surface area contributed by atoms with Crippen molar-refractivity contribution >= 4 is 9.84 Å². The molecular weight excluding hydrogens is 601 g/mol. The van der Waals surface area contributed by atoms with E-state index in [0.29, 0.717) is 34.8 Å². The van der Waals surface area contributed by atoms with Crippen LogP contribution in [-0.2, 0) is 9.84 Å². The zero-order valence-electron chi connectivity index (χ0n) is 27.1. The van der Waals surface area contributed by atoms with Crippen molar-refractivity contribution in [3.05, 3.63) is 157 Å². The van der Waals surface area contributed by atoms with E-state index < -0.39 is 9.84 Å². The van der Waals surface area contributed by atoms with Gasteiger partial charge >= 0.3 is 0 Å². The molecule has 0 amide bonds. The van der Waals surface area contributed by atoms with Crippen molar-refractivity contribution in [2.45, 2.75) is 49.3 Å². The Hall–Kier alpha value is -5.13. The summed E-state index contributed by atoms with van der Waals surface area (Å²) in [4.78, 5) is 0.381. The highest BCUT2D eigenvalue weighted by Gasteiger charge is 2.18. The largest absolute Gasteiger partial charge is 0.457 e. The molecule has 0 saturated carbocycles. The maximum absolute atomic E-state index is 13.4. The van der Waals surface area contributed by atoms with E-state index in [-0.39, 0.29) is 9.79 Å². The maximum Gasteiger partial charge on any atom is 0.206 e. The fourth-order valence-electron chi connectivity index (χ4n) is 5.33. The Balaban J connectivity index is 1.07. The predicted molar refractivity (Wildman–Crippen MR) is 190 cm³/mol. The molecule has 0 saturated heterocycles. The second-order valence-corrected chi connectivity index (χ2v) is 14.2. The van der Waals surface area contributed by atoms with Crippen LogP contribution >= 0.6 is 0 Å². The van der Waals surface area contributed by atoms with Crippen molar-refractivity contribution in [1.82, 2.24) is 0 Å². The van der Waals surface area contributed by atoms with Gasteiger partial charge in [-0.25, -0.2) is 8.42 Å². The van der Waals surface area contributed by atoms with Gasteiger partial charge in [0.05, 0.1) is 9.79 Å². The zero-order valence-corrected chi connectivity index (χ0v) is 27.9. The van der Waals surface area contributed by atoms with Gasteiger partial charge in [-0.15, -0.1) is 0 Å². The lowest BCUT2D eigenvalue weighted by Gasteiger charge is -2.11. The highest BCUT2D eigenvalue weighted by atomic mass is 32.2. The molecular formula is C42H38O4S. The summed E-state index contributed by atoms with van der Waals surface area (Å²) < 4.78 is 38.7. The molecule has 0 fully saturated rings. The first kappa shape index (κ1) is 31.8. The molecule has 4 nitrogen and oxygen atoms in total. The van der Waals surface area contributed by atoms with Crippen LogP contribution < -0.4 is 9.47 Å². The quantitative estimate of drug-likeness (QED) is 0.150. The standard InChI is InChI=1S/C42H38O4S/c1-29(2)31-5-9-33(10-6-31)35-13-17-37(18-14-35)45-39-21-25-41(26-22-39)47(43,44)42-27-23-40(24-28-42)46-38-19-15-36(16-20-38)34-11-7-32(8-12-34)30(3)4/h5-30H,1-4H3. The topological polar surface area (TPSA) is 52.6 Å². The van der Waals surface area contributed by atoms with Crippen molar-refractivity contribution in [2.24, 2.45) is 0 Å². The van der Waals surface area contributed by atoms with Crippen molar-refractivity contribution in [2.75, 3.05) is 0 Å². The Kier molecular flexibility index (Phi) is 9.28. The minimum absolute atomic E-state index is 0.190. The molecule has 0 unspecified atom stereocenters. The number of hydrogen-bond donors (Lipinski definition) is 0. The van der Waals surface area contributed by atoms with E-state index in [2.05, 4.69) is 76.2 Å². The van der Waals surface area contributed by atoms with Crippen LogP contribution in [0.5, 0.6) is 23.0 Å². The smallest absolute Gasteiger partial charge is 0.206 e. The maximum atomic E-state index is 13.4. The van der Waals surface area contributed by atoms with Gasteiger partial charge < -0.3 is 9.47 Å². The first-order valence-corrected chi connectivity index (χ1v) is 17.4. The molecule has 6 rings (SSSR count). The van der Waals surface area contributed by atoms with Crippen molar-refractivity contribution in [3.63, 3.8) is 0 Å². The molecule has 236 valence electrons. The van der Waals surface area contributed by atoms with Gasteiger partial charge in [-0.3, -0.25) is 0 Å². The Bertz CT molecular complexity index is 1880. The molecule has 0 radical (unpaired) electrons. The summed E-state index contributed by atoms with van der Waals surface area (Å²) in [5.41, 5.74) is 7.12. The highest BCUT2D eigenvalue weighted by Crippen LogP contribution is 2.31. The lowest BCUT2D eigenvalue weighted by molar-refractivity contribution is 0.482. The Morgan fingerprint density at radius 3 is 0.851 bits per heavy atom. The molecule has 0 aliphatic carbocycles. The van der Waals surface area contributed by atoms with Crippen LogP contribution in [-0.4, -0.2) is 8.42 Å². The van der Waals surface area contributed by atoms with Crippen LogP contribution in [0.1, 0.15) is 50.7 Å². The summed E-state index contributed by atoms with van der Waals surface area (Å²) in [5, 5.41) is 0. The molecule has 47 heavy (non-hydrogen) atoms. The van der Waals surface area contributed by atoms with Crippen LogP contribution in [0.4, 0.5) is 0 Å². The highest BCUT2D eigenvalue weighted by molar-refractivity contribution is 7.91. The number of ether oxygens (including phenoxy) is 2. The lowest BCUT2D eigenvalue weighted by Crippen LogP contribution is -2.01. The monoisotopic (exact) mass is 638 g/mol. The summed E-state index contributed by atoms with van der Waals surface area (Å²) in [6.07, 6.45) is 0. The fraction of sp³-hybridized carbons (Fsp3) is 0.143. The zero-order chi connectivity index (χ0) is 33.0. The van der Waals surface area contributed by atoms with Crippen LogP contribution in [0.15, 0.2) is 155 Å². The number of hydrogen-bond acceptors (Lipinski definition) is 4. The summed E-state index contributed by atoms with van der Waals surface area (Å²) in [7, 11) is -3.72. The number of benzene rings is 6. The number of rotatable bonds is 10. The molecule has 5 heteroatoms. The normalized spacial score (nSPS) is 11.5. The van der Waals surface area contributed by atoms with Gasteiger partial charge in [0.25, 0.3) is 0 Å². The van der Waals surface area contributed by atoms with E-state index in [4.69, 9.17) is 9.47 Å². The average Bonchev–Trinajstić information content (AvgIpc) is 3.09. The molecule has 0 N–H and O–H groups in total. The molecule has 0 atom stereocenters. The summed E-state index contributed by atoms with van der Waals surface area (Å²) in [6.45, 7) is 8.74. The fourth-order valence-corrected chi connectivity index (χ4v) is 6.59. The van der Waals surface area contributed by atoms with Crippen molar-refractivity contribution in [1.29, 1.82) is 0 Å². The molecule has 0 aliphatic rings. The van der Waals surface area contributed by atoms with Gasteiger partial charge in [0.15, 0.2) is 0 Å². The Labute approximate surface area is 278 Å². The SMILES string of the molecule is CC(C)c1ccc(-c2ccc(Oc3ccc(S(=O)(=O)c4ccc(Oc5ccc(-c6ccc(C(C)C)cc6)cc5)cc4)cc3)cc2)cc1. The summed E-state index contributed by atoms with van der Waals surface area (Å²) in [5.74, 6) is 3.45. The van der Waals surface area contributed by atoms with Gasteiger partial charge in [0, 0.05) is 0 Å².